The standard InChI is InChI=1S/C10H9BrN4O2/c1-5-4-6(2-3-7(5)11)15-10(12)13-8(14-15)9(16)17/h2-4H,1H3,(H,16,17)(H2,12,13,14). The predicted octanol–water partition coefficient (Wildman–Crippen LogP) is 1.62. The molecule has 0 amide bonds. The fourth-order valence-corrected chi connectivity index (χ4v) is 1.61. The highest BCUT2D eigenvalue weighted by Crippen LogP contribution is 2.20. The molecule has 7 heteroatoms. The van der Waals surface area contributed by atoms with Gasteiger partial charge < -0.3 is 10.8 Å². The Labute approximate surface area is 105 Å². The van der Waals surface area contributed by atoms with E-state index in [0.29, 0.717) is 5.69 Å². The van der Waals surface area contributed by atoms with E-state index in [-0.39, 0.29) is 11.8 Å². The number of rotatable bonds is 2. The summed E-state index contributed by atoms with van der Waals surface area (Å²) < 4.78 is 2.25. The molecule has 0 aliphatic rings. The molecule has 0 bridgehead atoms. The zero-order chi connectivity index (χ0) is 12.6. The Bertz CT molecular complexity index is 594. The molecule has 0 radical (unpaired) electrons. The number of hydrogen-bond donors (Lipinski definition) is 2. The normalized spacial score (nSPS) is 10.5. The molecule has 1 heterocycles. The van der Waals surface area contributed by atoms with Gasteiger partial charge in [-0.1, -0.05) is 15.9 Å². The smallest absolute Gasteiger partial charge is 0.375 e. The Morgan fingerprint density at radius 1 is 1.53 bits per heavy atom. The van der Waals surface area contributed by atoms with Gasteiger partial charge in [-0.3, -0.25) is 0 Å². The minimum absolute atomic E-state index is 0.0455. The summed E-state index contributed by atoms with van der Waals surface area (Å²) in [4.78, 5) is 14.4. The van der Waals surface area contributed by atoms with Crippen LogP contribution in [0.2, 0.25) is 0 Å². The quantitative estimate of drug-likeness (QED) is 0.878. The van der Waals surface area contributed by atoms with Gasteiger partial charge in [0.25, 0.3) is 5.82 Å². The monoisotopic (exact) mass is 296 g/mol. The molecule has 0 saturated heterocycles. The summed E-state index contributed by atoms with van der Waals surface area (Å²) in [5, 5.41) is 12.6. The van der Waals surface area contributed by atoms with Crippen LogP contribution in [-0.4, -0.2) is 25.8 Å². The number of aromatic nitrogens is 3. The van der Waals surface area contributed by atoms with Crippen LogP contribution in [0, 0.1) is 6.92 Å². The number of nitrogens with two attached hydrogens (primary N) is 1. The van der Waals surface area contributed by atoms with Gasteiger partial charge in [0.05, 0.1) is 5.69 Å². The first-order valence-corrected chi connectivity index (χ1v) is 5.50. The molecule has 6 nitrogen and oxygen atoms in total. The van der Waals surface area contributed by atoms with E-state index in [1.165, 1.54) is 4.68 Å². The lowest BCUT2D eigenvalue weighted by atomic mass is 10.2. The van der Waals surface area contributed by atoms with Crippen molar-refractivity contribution in [1.82, 2.24) is 14.8 Å². The number of halogens is 1. The third-order valence-corrected chi connectivity index (χ3v) is 3.10. The fourth-order valence-electron chi connectivity index (χ4n) is 1.37. The zero-order valence-corrected chi connectivity index (χ0v) is 10.5. The van der Waals surface area contributed by atoms with Crippen molar-refractivity contribution in [2.24, 2.45) is 0 Å². The van der Waals surface area contributed by atoms with Crippen molar-refractivity contribution in [2.75, 3.05) is 5.73 Å². The van der Waals surface area contributed by atoms with Crippen LogP contribution in [0.3, 0.4) is 0 Å². The molecule has 2 rings (SSSR count). The SMILES string of the molecule is Cc1cc(-n2nc(C(=O)O)nc2N)ccc1Br. The number of aromatic carboxylic acids is 1. The molecule has 0 atom stereocenters. The zero-order valence-electron chi connectivity index (χ0n) is 8.88. The van der Waals surface area contributed by atoms with E-state index in [2.05, 4.69) is 26.0 Å². The topological polar surface area (TPSA) is 94.0 Å². The first-order valence-electron chi connectivity index (χ1n) is 4.71. The number of carbonyl (C=O) groups is 1. The van der Waals surface area contributed by atoms with E-state index in [9.17, 15) is 4.79 Å². The summed E-state index contributed by atoms with van der Waals surface area (Å²) >= 11 is 3.38. The highest BCUT2D eigenvalue weighted by atomic mass is 79.9. The van der Waals surface area contributed by atoms with Gasteiger partial charge in [0.2, 0.25) is 5.95 Å². The Morgan fingerprint density at radius 2 is 2.24 bits per heavy atom. The van der Waals surface area contributed by atoms with E-state index in [4.69, 9.17) is 10.8 Å². The molecule has 0 unspecified atom stereocenters. The maximum Gasteiger partial charge on any atom is 0.375 e. The second kappa shape index (κ2) is 4.17. The van der Waals surface area contributed by atoms with Crippen molar-refractivity contribution in [2.45, 2.75) is 6.92 Å². The van der Waals surface area contributed by atoms with Gasteiger partial charge in [0.15, 0.2) is 0 Å². The van der Waals surface area contributed by atoms with Gasteiger partial charge in [-0.05, 0) is 30.7 Å². The molecule has 0 aliphatic carbocycles. The summed E-state index contributed by atoms with van der Waals surface area (Å²) in [6.45, 7) is 1.92. The first-order chi connectivity index (χ1) is 7.99. The van der Waals surface area contributed by atoms with Gasteiger partial charge >= 0.3 is 5.97 Å². The Kier molecular flexibility index (Phi) is 2.84. The molecular weight excluding hydrogens is 288 g/mol. The maximum atomic E-state index is 10.7. The summed E-state index contributed by atoms with van der Waals surface area (Å²) in [6, 6.07) is 5.45. The van der Waals surface area contributed by atoms with E-state index in [0.717, 1.165) is 10.0 Å². The molecule has 2 aromatic rings. The lowest BCUT2D eigenvalue weighted by Crippen LogP contribution is -2.03. The van der Waals surface area contributed by atoms with Crippen molar-refractivity contribution in [3.05, 3.63) is 34.1 Å². The largest absolute Gasteiger partial charge is 0.475 e. The number of nitrogens with zero attached hydrogens (tertiary/aromatic N) is 3. The minimum atomic E-state index is -1.20. The molecule has 1 aromatic heterocycles. The number of benzene rings is 1. The molecule has 17 heavy (non-hydrogen) atoms. The van der Waals surface area contributed by atoms with Crippen LogP contribution in [0.15, 0.2) is 22.7 Å². The molecule has 88 valence electrons. The second-order valence-electron chi connectivity index (χ2n) is 3.44. The highest BCUT2D eigenvalue weighted by Gasteiger charge is 2.14. The highest BCUT2D eigenvalue weighted by molar-refractivity contribution is 9.10. The lowest BCUT2D eigenvalue weighted by molar-refractivity contribution is 0.0683. The number of aryl methyl sites for hydroxylation is 1. The van der Waals surface area contributed by atoms with Gasteiger partial charge in [-0.15, -0.1) is 5.10 Å². The average molecular weight is 297 g/mol. The van der Waals surface area contributed by atoms with Gasteiger partial charge in [0, 0.05) is 4.47 Å². The van der Waals surface area contributed by atoms with Crippen molar-refractivity contribution in [3.8, 4) is 5.69 Å². The number of carboxylic acids is 1. The van der Waals surface area contributed by atoms with E-state index < -0.39 is 5.97 Å². The minimum Gasteiger partial charge on any atom is -0.475 e. The van der Waals surface area contributed by atoms with Crippen molar-refractivity contribution < 1.29 is 9.90 Å². The van der Waals surface area contributed by atoms with E-state index >= 15 is 0 Å². The number of nitrogen functional groups attached to an aromatic ring is 1. The summed E-state index contributed by atoms with van der Waals surface area (Å²) in [5.41, 5.74) is 7.28. The third-order valence-electron chi connectivity index (χ3n) is 2.21. The van der Waals surface area contributed by atoms with Crippen LogP contribution < -0.4 is 5.73 Å². The number of anilines is 1. The van der Waals surface area contributed by atoms with E-state index in [1.54, 1.807) is 6.07 Å². The maximum absolute atomic E-state index is 10.7. The Morgan fingerprint density at radius 3 is 2.76 bits per heavy atom. The molecule has 0 aliphatic heterocycles. The van der Waals surface area contributed by atoms with Crippen LogP contribution in [0.4, 0.5) is 5.95 Å². The van der Waals surface area contributed by atoms with Crippen molar-refractivity contribution in [3.63, 3.8) is 0 Å². The van der Waals surface area contributed by atoms with Crippen LogP contribution in [0.5, 0.6) is 0 Å². The third kappa shape index (κ3) is 2.14. The first kappa shape index (κ1) is 11.6. The van der Waals surface area contributed by atoms with Crippen LogP contribution >= 0.6 is 15.9 Å². The van der Waals surface area contributed by atoms with Crippen molar-refractivity contribution in [1.29, 1.82) is 0 Å². The van der Waals surface area contributed by atoms with Gasteiger partial charge in [0.1, 0.15) is 0 Å². The molecule has 0 fully saturated rings. The predicted molar refractivity (Wildman–Crippen MR) is 65.2 cm³/mol. The van der Waals surface area contributed by atoms with Crippen molar-refractivity contribution >= 4 is 27.8 Å². The van der Waals surface area contributed by atoms with Gasteiger partial charge in [-0.2, -0.15) is 9.67 Å². The van der Waals surface area contributed by atoms with Crippen LogP contribution in [0.1, 0.15) is 16.2 Å². The Balaban J connectivity index is 2.52. The molecule has 0 saturated carbocycles. The molecule has 0 spiro atoms. The second-order valence-corrected chi connectivity index (χ2v) is 4.30. The van der Waals surface area contributed by atoms with E-state index in [1.807, 2.05) is 19.1 Å². The van der Waals surface area contributed by atoms with Gasteiger partial charge in [-0.25, -0.2) is 4.79 Å². The van der Waals surface area contributed by atoms with Crippen LogP contribution in [0.25, 0.3) is 5.69 Å². The molecule has 3 N–H and O–H groups in total. The average Bonchev–Trinajstić information content (AvgIpc) is 2.65. The summed E-state index contributed by atoms with van der Waals surface area (Å²) in [6.07, 6.45) is 0. The number of hydrogen-bond acceptors (Lipinski definition) is 4. The molecule has 1 aromatic carbocycles. The lowest BCUT2D eigenvalue weighted by Gasteiger charge is -2.04. The van der Waals surface area contributed by atoms with Crippen LogP contribution in [-0.2, 0) is 0 Å². The summed E-state index contributed by atoms with van der Waals surface area (Å²) in [7, 11) is 0. The fraction of sp³-hybridized carbons (Fsp3) is 0.100. The summed E-state index contributed by atoms with van der Waals surface area (Å²) in [5.74, 6) is -1.48. The molecular formula is C10H9BrN4O2. The number of carboxylic acid groups (broad SMARTS) is 1. The Hall–Kier alpha value is -1.89.